The first kappa shape index (κ1) is 24.8. The Balaban J connectivity index is 1.23. The van der Waals surface area contributed by atoms with E-state index in [2.05, 4.69) is 34.9 Å². The van der Waals surface area contributed by atoms with Gasteiger partial charge in [0, 0.05) is 24.9 Å². The quantitative estimate of drug-likeness (QED) is 0.459. The molecule has 3 unspecified atom stereocenters. The second-order valence-corrected chi connectivity index (χ2v) is 9.55. The van der Waals surface area contributed by atoms with Crippen molar-refractivity contribution in [3.63, 3.8) is 0 Å². The number of aliphatic carboxylic acids is 1. The average molecular weight is 479 g/mol. The van der Waals surface area contributed by atoms with Crippen molar-refractivity contribution in [3.05, 3.63) is 59.7 Å². The fourth-order valence-electron chi connectivity index (χ4n) is 5.43. The van der Waals surface area contributed by atoms with Crippen molar-refractivity contribution in [1.82, 2.24) is 10.6 Å². The van der Waals surface area contributed by atoms with Crippen molar-refractivity contribution in [1.29, 1.82) is 0 Å². The number of fused-ring (bicyclic) bond motifs is 3. The summed E-state index contributed by atoms with van der Waals surface area (Å²) in [4.78, 5) is 36.2. The number of amides is 2. The second-order valence-electron chi connectivity index (χ2n) is 9.55. The first-order valence-corrected chi connectivity index (χ1v) is 12.6. The SMILES string of the molecule is CCC(CCC(=O)NCC1CCCC1C(=O)O)NC(=O)OCC1c2ccccc2-c2ccccc21. The standard InChI is InChI=1S/C28H34N2O5/c1-2-19(14-15-26(31)29-16-18-8-7-13-20(18)27(32)33)30-28(34)35-17-25-23-11-5-3-9-21(23)22-10-4-6-12-24(22)25/h3-6,9-12,18-20,25H,2,7-8,13-17H2,1H3,(H,29,31)(H,30,34)(H,32,33). The molecule has 2 aliphatic rings. The van der Waals surface area contributed by atoms with Crippen LogP contribution in [-0.2, 0) is 14.3 Å². The highest BCUT2D eigenvalue weighted by atomic mass is 16.5. The Morgan fingerprint density at radius 2 is 1.69 bits per heavy atom. The van der Waals surface area contributed by atoms with Gasteiger partial charge in [-0.2, -0.15) is 0 Å². The van der Waals surface area contributed by atoms with Gasteiger partial charge in [-0.25, -0.2) is 4.79 Å². The number of hydrogen-bond acceptors (Lipinski definition) is 4. The van der Waals surface area contributed by atoms with E-state index >= 15 is 0 Å². The van der Waals surface area contributed by atoms with E-state index in [1.54, 1.807) is 0 Å². The van der Waals surface area contributed by atoms with E-state index in [9.17, 15) is 19.5 Å². The minimum atomic E-state index is -0.778. The third-order valence-electron chi connectivity index (χ3n) is 7.42. The van der Waals surface area contributed by atoms with Crippen molar-refractivity contribution >= 4 is 18.0 Å². The molecule has 2 aromatic carbocycles. The molecule has 35 heavy (non-hydrogen) atoms. The normalized spacial score (nSPS) is 19.5. The molecule has 0 aliphatic heterocycles. The summed E-state index contributed by atoms with van der Waals surface area (Å²) in [6.45, 7) is 2.61. The summed E-state index contributed by atoms with van der Waals surface area (Å²) < 4.78 is 5.62. The molecular weight excluding hydrogens is 444 g/mol. The molecule has 0 aromatic heterocycles. The predicted octanol–water partition coefficient (Wildman–Crippen LogP) is 4.70. The number of carboxylic acids is 1. The van der Waals surface area contributed by atoms with Crippen molar-refractivity contribution in [2.24, 2.45) is 11.8 Å². The molecule has 0 spiro atoms. The molecule has 3 atom stereocenters. The lowest BCUT2D eigenvalue weighted by Crippen LogP contribution is -2.37. The number of ether oxygens (including phenoxy) is 1. The fourth-order valence-corrected chi connectivity index (χ4v) is 5.43. The minimum absolute atomic E-state index is 0.00243. The number of carbonyl (C=O) groups excluding carboxylic acids is 2. The highest BCUT2D eigenvalue weighted by molar-refractivity contribution is 5.79. The van der Waals surface area contributed by atoms with Gasteiger partial charge in [-0.1, -0.05) is 61.9 Å². The third-order valence-corrected chi connectivity index (χ3v) is 7.42. The lowest BCUT2D eigenvalue weighted by molar-refractivity contribution is -0.143. The topological polar surface area (TPSA) is 105 Å². The van der Waals surface area contributed by atoms with Gasteiger partial charge in [0.25, 0.3) is 0 Å². The highest BCUT2D eigenvalue weighted by Crippen LogP contribution is 2.44. The van der Waals surface area contributed by atoms with E-state index in [-0.39, 0.29) is 42.7 Å². The van der Waals surface area contributed by atoms with E-state index in [0.717, 1.165) is 24.0 Å². The zero-order valence-electron chi connectivity index (χ0n) is 20.2. The molecule has 186 valence electrons. The van der Waals surface area contributed by atoms with Crippen molar-refractivity contribution in [2.45, 2.75) is 57.4 Å². The van der Waals surface area contributed by atoms with Crippen LogP contribution in [0.1, 0.15) is 62.5 Å². The first-order valence-electron chi connectivity index (χ1n) is 12.6. The molecule has 4 rings (SSSR count). The maximum Gasteiger partial charge on any atom is 0.407 e. The van der Waals surface area contributed by atoms with E-state index in [1.807, 2.05) is 31.2 Å². The summed E-state index contributed by atoms with van der Waals surface area (Å²) in [6.07, 6.45) is 3.37. The Hall–Kier alpha value is -3.35. The van der Waals surface area contributed by atoms with Crippen LogP contribution in [0.15, 0.2) is 48.5 Å². The van der Waals surface area contributed by atoms with Crippen LogP contribution in [-0.4, -0.2) is 42.3 Å². The van der Waals surface area contributed by atoms with Gasteiger partial charge in [-0.05, 0) is 53.9 Å². The molecule has 0 bridgehead atoms. The van der Waals surface area contributed by atoms with Gasteiger partial charge in [0.1, 0.15) is 6.61 Å². The van der Waals surface area contributed by atoms with E-state index in [4.69, 9.17) is 4.74 Å². The smallest absolute Gasteiger partial charge is 0.407 e. The van der Waals surface area contributed by atoms with Gasteiger partial charge < -0.3 is 20.5 Å². The van der Waals surface area contributed by atoms with Gasteiger partial charge in [-0.15, -0.1) is 0 Å². The molecule has 2 aliphatic carbocycles. The molecular formula is C28H34N2O5. The van der Waals surface area contributed by atoms with Crippen molar-refractivity contribution < 1.29 is 24.2 Å². The van der Waals surface area contributed by atoms with Crippen LogP contribution in [0.3, 0.4) is 0 Å². The Kier molecular flexibility index (Phi) is 8.06. The number of hydrogen-bond donors (Lipinski definition) is 3. The predicted molar refractivity (Wildman–Crippen MR) is 133 cm³/mol. The van der Waals surface area contributed by atoms with Crippen LogP contribution in [0.5, 0.6) is 0 Å². The molecule has 0 radical (unpaired) electrons. The molecule has 7 heteroatoms. The maximum absolute atomic E-state index is 12.5. The zero-order chi connectivity index (χ0) is 24.8. The van der Waals surface area contributed by atoms with Crippen LogP contribution in [0.4, 0.5) is 4.79 Å². The third kappa shape index (κ3) is 5.84. The summed E-state index contributed by atoms with van der Waals surface area (Å²) in [5.41, 5.74) is 4.69. The summed E-state index contributed by atoms with van der Waals surface area (Å²) in [5.74, 6) is -1.26. The van der Waals surface area contributed by atoms with E-state index < -0.39 is 12.1 Å². The van der Waals surface area contributed by atoms with E-state index in [0.29, 0.717) is 25.8 Å². The Morgan fingerprint density at radius 1 is 1.03 bits per heavy atom. The molecule has 1 saturated carbocycles. The highest BCUT2D eigenvalue weighted by Gasteiger charge is 2.33. The van der Waals surface area contributed by atoms with Gasteiger partial charge in [0.05, 0.1) is 5.92 Å². The van der Waals surface area contributed by atoms with Crippen LogP contribution in [0, 0.1) is 11.8 Å². The molecule has 2 aromatic rings. The fraction of sp³-hybridized carbons (Fsp3) is 0.464. The van der Waals surface area contributed by atoms with Crippen LogP contribution >= 0.6 is 0 Å². The Morgan fingerprint density at radius 3 is 2.31 bits per heavy atom. The van der Waals surface area contributed by atoms with Gasteiger partial charge in [0.15, 0.2) is 0 Å². The van der Waals surface area contributed by atoms with Gasteiger partial charge in [-0.3, -0.25) is 9.59 Å². The lowest BCUT2D eigenvalue weighted by Gasteiger charge is -2.19. The number of nitrogens with one attached hydrogen (secondary N) is 2. The number of carboxylic acid groups (broad SMARTS) is 1. The molecule has 0 saturated heterocycles. The monoisotopic (exact) mass is 478 g/mol. The second kappa shape index (κ2) is 11.4. The first-order chi connectivity index (χ1) is 17.0. The van der Waals surface area contributed by atoms with Crippen LogP contribution in [0.2, 0.25) is 0 Å². The maximum atomic E-state index is 12.5. The van der Waals surface area contributed by atoms with Crippen LogP contribution < -0.4 is 10.6 Å². The van der Waals surface area contributed by atoms with Gasteiger partial charge in [0.2, 0.25) is 5.91 Å². The largest absolute Gasteiger partial charge is 0.481 e. The summed E-state index contributed by atoms with van der Waals surface area (Å²) in [7, 11) is 0. The molecule has 7 nitrogen and oxygen atoms in total. The lowest BCUT2D eigenvalue weighted by atomic mass is 9.96. The average Bonchev–Trinajstić information content (AvgIpc) is 3.47. The van der Waals surface area contributed by atoms with Crippen molar-refractivity contribution in [3.8, 4) is 11.1 Å². The minimum Gasteiger partial charge on any atom is -0.481 e. The molecule has 3 N–H and O–H groups in total. The number of carbonyl (C=O) groups is 3. The Labute approximate surface area is 206 Å². The number of rotatable bonds is 10. The number of alkyl carbamates (subject to hydrolysis) is 1. The summed E-state index contributed by atoms with van der Waals surface area (Å²) in [5, 5.41) is 15.1. The number of benzene rings is 2. The summed E-state index contributed by atoms with van der Waals surface area (Å²) >= 11 is 0. The molecule has 1 fully saturated rings. The van der Waals surface area contributed by atoms with Gasteiger partial charge >= 0.3 is 12.1 Å². The van der Waals surface area contributed by atoms with Crippen molar-refractivity contribution in [2.75, 3.05) is 13.2 Å². The summed E-state index contributed by atoms with van der Waals surface area (Å²) in [6, 6.07) is 16.2. The Bertz CT molecular complexity index is 1020. The zero-order valence-corrected chi connectivity index (χ0v) is 20.2. The molecule has 0 heterocycles. The van der Waals surface area contributed by atoms with E-state index in [1.165, 1.54) is 11.1 Å². The molecule has 2 amide bonds. The van der Waals surface area contributed by atoms with Crippen LogP contribution in [0.25, 0.3) is 11.1 Å².